The van der Waals surface area contributed by atoms with Crippen molar-refractivity contribution in [2.45, 2.75) is 31.1 Å². The number of fused-ring (bicyclic) bond motifs is 5. The molecule has 1 aromatic carbocycles. The minimum absolute atomic E-state index is 0.360. The molecule has 0 amide bonds. The minimum atomic E-state index is -0.884. The van der Waals surface area contributed by atoms with Gasteiger partial charge in [0.05, 0.1) is 5.56 Å². The van der Waals surface area contributed by atoms with Crippen LogP contribution in [0.2, 0.25) is 5.02 Å². The van der Waals surface area contributed by atoms with E-state index in [0.29, 0.717) is 22.4 Å². The Balaban J connectivity index is 1.80. The molecule has 4 rings (SSSR count). The van der Waals surface area contributed by atoms with Crippen LogP contribution in [0.3, 0.4) is 0 Å². The maximum atomic E-state index is 11.5. The number of benzene rings is 1. The van der Waals surface area contributed by atoms with Crippen LogP contribution in [-0.4, -0.2) is 16.1 Å². The first kappa shape index (κ1) is 13.6. The van der Waals surface area contributed by atoms with Crippen LogP contribution in [0, 0.1) is 0 Å². The predicted octanol–water partition coefficient (Wildman–Crippen LogP) is 4.54. The quantitative estimate of drug-likeness (QED) is 0.873. The molecular formula is C17H15ClN2O2. The number of hydrogen-bond donors (Lipinski definition) is 2. The van der Waals surface area contributed by atoms with Gasteiger partial charge in [0.2, 0.25) is 0 Å². The van der Waals surface area contributed by atoms with Gasteiger partial charge in [-0.25, -0.2) is 9.78 Å². The van der Waals surface area contributed by atoms with Gasteiger partial charge in [0.1, 0.15) is 5.82 Å². The molecule has 2 aliphatic rings. The zero-order valence-electron chi connectivity index (χ0n) is 11.8. The highest BCUT2D eigenvalue weighted by Crippen LogP contribution is 2.56. The fourth-order valence-electron chi connectivity index (χ4n) is 3.87. The van der Waals surface area contributed by atoms with Gasteiger partial charge in [-0.2, -0.15) is 0 Å². The summed E-state index contributed by atoms with van der Waals surface area (Å²) in [6.07, 6.45) is 4.73. The summed E-state index contributed by atoms with van der Waals surface area (Å²) in [6.45, 7) is 0. The van der Waals surface area contributed by atoms with Crippen molar-refractivity contribution in [1.29, 1.82) is 0 Å². The Morgan fingerprint density at radius 1 is 1.27 bits per heavy atom. The van der Waals surface area contributed by atoms with Gasteiger partial charge in [-0.3, -0.25) is 0 Å². The van der Waals surface area contributed by atoms with Gasteiger partial charge in [-0.1, -0.05) is 17.7 Å². The van der Waals surface area contributed by atoms with Gasteiger partial charge in [0.25, 0.3) is 0 Å². The molecule has 0 radical (unpaired) electrons. The second-order valence-electron chi connectivity index (χ2n) is 6.00. The molecule has 22 heavy (non-hydrogen) atoms. The van der Waals surface area contributed by atoms with Crippen molar-refractivity contribution in [3.63, 3.8) is 0 Å². The van der Waals surface area contributed by atoms with E-state index >= 15 is 0 Å². The number of aromatic carboxylic acids is 1. The summed E-state index contributed by atoms with van der Waals surface area (Å²) in [6, 6.07) is 7.47. The van der Waals surface area contributed by atoms with Crippen LogP contribution in [-0.2, 0) is 0 Å². The topological polar surface area (TPSA) is 62.2 Å². The summed E-state index contributed by atoms with van der Waals surface area (Å²) in [4.78, 5) is 15.9. The zero-order valence-corrected chi connectivity index (χ0v) is 12.6. The zero-order chi connectivity index (χ0) is 15.3. The van der Waals surface area contributed by atoms with Gasteiger partial charge in [-0.05, 0) is 54.9 Å². The molecule has 112 valence electrons. The first-order valence-electron chi connectivity index (χ1n) is 7.42. The van der Waals surface area contributed by atoms with Gasteiger partial charge >= 0.3 is 5.97 Å². The highest BCUT2D eigenvalue weighted by molar-refractivity contribution is 6.30. The van der Waals surface area contributed by atoms with Gasteiger partial charge < -0.3 is 10.4 Å². The Kier molecular flexibility index (Phi) is 3.08. The second kappa shape index (κ2) is 4.99. The largest absolute Gasteiger partial charge is 0.478 e. The van der Waals surface area contributed by atoms with Crippen molar-refractivity contribution in [3.8, 4) is 0 Å². The molecule has 2 atom stereocenters. The van der Waals surface area contributed by atoms with Crippen molar-refractivity contribution < 1.29 is 9.90 Å². The third kappa shape index (κ3) is 2.06. The Labute approximate surface area is 133 Å². The molecule has 2 aliphatic carbocycles. The number of halogens is 1. The average Bonchev–Trinajstić information content (AvgIpc) is 3.09. The summed E-state index contributed by atoms with van der Waals surface area (Å²) in [5.41, 5.74) is 3.31. The molecule has 0 aliphatic heterocycles. The standard InChI is InChI=1S/C17H15ClN2O2/c18-11-2-1-3-12(7-11)20-16-15-10-5-4-9(6-10)14(15)13(8-19-16)17(21)22/h1-3,7-10H,4-6H2,(H,19,20)(H,21,22)/t9?,10-/m1/s1. The van der Waals surface area contributed by atoms with Crippen LogP contribution in [0.1, 0.15) is 52.6 Å². The monoisotopic (exact) mass is 314 g/mol. The summed E-state index contributed by atoms with van der Waals surface area (Å²) >= 11 is 6.02. The minimum Gasteiger partial charge on any atom is -0.478 e. The molecule has 0 saturated heterocycles. The fraction of sp³-hybridized carbons (Fsp3) is 0.294. The first-order chi connectivity index (χ1) is 10.6. The first-order valence-corrected chi connectivity index (χ1v) is 7.80. The van der Waals surface area contributed by atoms with Crippen LogP contribution >= 0.6 is 11.6 Å². The van der Waals surface area contributed by atoms with Crippen molar-refractivity contribution >= 4 is 29.1 Å². The van der Waals surface area contributed by atoms with Crippen molar-refractivity contribution in [2.24, 2.45) is 0 Å². The maximum absolute atomic E-state index is 11.5. The second-order valence-corrected chi connectivity index (χ2v) is 6.43. The molecule has 2 aromatic rings. The summed E-state index contributed by atoms with van der Waals surface area (Å²) < 4.78 is 0. The lowest BCUT2D eigenvalue weighted by Crippen LogP contribution is -2.11. The average molecular weight is 315 g/mol. The van der Waals surface area contributed by atoms with E-state index < -0.39 is 5.97 Å². The summed E-state index contributed by atoms with van der Waals surface area (Å²) in [7, 11) is 0. The van der Waals surface area contributed by atoms with E-state index in [4.69, 9.17) is 11.6 Å². The molecule has 2 bridgehead atoms. The normalized spacial score (nSPS) is 21.7. The van der Waals surface area contributed by atoms with E-state index in [1.54, 1.807) is 0 Å². The predicted molar refractivity (Wildman–Crippen MR) is 85.3 cm³/mol. The lowest BCUT2D eigenvalue weighted by molar-refractivity contribution is 0.0694. The SMILES string of the molecule is O=C(O)c1cnc(Nc2cccc(Cl)c2)c2c1C1CC[C@@H]2C1. The van der Waals surface area contributed by atoms with Crippen molar-refractivity contribution in [2.75, 3.05) is 5.32 Å². The van der Waals surface area contributed by atoms with E-state index in [9.17, 15) is 9.90 Å². The van der Waals surface area contributed by atoms with Crippen LogP contribution in [0.5, 0.6) is 0 Å². The molecular weight excluding hydrogens is 300 g/mol. The number of carboxylic acids is 1. The van der Waals surface area contributed by atoms with E-state index in [1.807, 2.05) is 24.3 Å². The van der Waals surface area contributed by atoms with E-state index in [2.05, 4.69) is 10.3 Å². The fourth-order valence-corrected chi connectivity index (χ4v) is 4.06. The Morgan fingerprint density at radius 2 is 2.05 bits per heavy atom. The van der Waals surface area contributed by atoms with Crippen molar-refractivity contribution in [3.05, 3.63) is 52.2 Å². The number of nitrogens with zero attached hydrogens (tertiary/aromatic N) is 1. The van der Waals surface area contributed by atoms with Crippen LogP contribution < -0.4 is 5.32 Å². The van der Waals surface area contributed by atoms with Gasteiger partial charge in [-0.15, -0.1) is 0 Å². The number of rotatable bonds is 3. The number of pyridine rings is 1. The number of carbonyl (C=O) groups is 1. The molecule has 1 unspecified atom stereocenters. The van der Waals surface area contributed by atoms with Gasteiger partial charge in [0, 0.05) is 22.5 Å². The Morgan fingerprint density at radius 3 is 2.77 bits per heavy atom. The lowest BCUT2D eigenvalue weighted by atomic mass is 9.89. The molecule has 1 heterocycles. The van der Waals surface area contributed by atoms with E-state index in [0.717, 1.165) is 41.9 Å². The van der Waals surface area contributed by atoms with Crippen LogP contribution in [0.15, 0.2) is 30.5 Å². The smallest absolute Gasteiger partial charge is 0.337 e. The third-order valence-electron chi connectivity index (χ3n) is 4.73. The molecule has 1 fully saturated rings. The highest BCUT2D eigenvalue weighted by atomic mass is 35.5. The number of anilines is 2. The van der Waals surface area contributed by atoms with Crippen molar-refractivity contribution in [1.82, 2.24) is 4.98 Å². The molecule has 1 aromatic heterocycles. The number of aromatic nitrogens is 1. The number of hydrogen-bond acceptors (Lipinski definition) is 3. The van der Waals surface area contributed by atoms with Crippen LogP contribution in [0.4, 0.5) is 11.5 Å². The lowest BCUT2D eigenvalue weighted by Gasteiger charge is -2.20. The maximum Gasteiger partial charge on any atom is 0.337 e. The summed E-state index contributed by atoms with van der Waals surface area (Å²) in [5.74, 6) is 0.683. The molecule has 2 N–H and O–H groups in total. The molecule has 4 nitrogen and oxygen atoms in total. The molecule has 1 saturated carbocycles. The molecule has 0 spiro atoms. The third-order valence-corrected chi connectivity index (χ3v) is 4.96. The number of nitrogens with one attached hydrogen (secondary N) is 1. The summed E-state index contributed by atoms with van der Waals surface area (Å²) in [5, 5.41) is 13.4. The Hall–Kier alpha value is -2.07. The van der Waals surface area contributed by atoms with Crippen LogP contribution in [0.25, 0.3) is 0 Å². The Bertz CT molecular complexity index is 775. The van der Waals surface area contributed by atoms with E-state index in [-0.39, 0.29) is 0 Å². The number of carboxylic acid groups (broad SMARTS) is 1. The van der Waals surface area contributed by atoms with E-state index in [1.165, 1.54) is 6.20 Å². The highest BCUT2D eigenvalue weighted by Gasteiger charge is 2.41. The molecule has 5 heteroatoms. The van der Waals surface area contributed by atoms with Gasteiger partial charge in [0.15, 0.2) is 0 Å².